The van der Waals surface area contributed by atoms with Crippen molar-refractivity contribution in [3.05, 3.63) is 54.4 Å². The molecule has 5 heteroatoms. The van der Waals surface area contributed by atoms with Crippen molar-refractivity contribution in [3.8, 4) is 11.3 Å². The maximum Gasteiger partial charge on any atom is 0.229 e. The zero-order chi connectivity index (χ0) is 16.6. The van der Waals surface area contributed by atoms with Gasteiger partial charge in [-0.1, -0.05) is 39.0 Å². The molecule has 0 aliphatic carbocycles. The van der Waals surface area contributed by atoms with Crippen LogP contribution in [-0.2, 0) is 4.79 Å². The zero-order valence-electron chi connectivity index (χ0n) is 14.3. The molecule has 0 unspecified atom stereocenters. The fraction of sp³-hybridized carbons (Fsp3) is 0.263. The summed E-state index contributed by atoms with van der Waals surface area (Å²) in [5.41, 5.74) is 4.47. The number of anilines is 1. The van der Waals surface area contributed by atoms with Gasteiger partial charge in [-0.25, -0.2) is 4.98 Å². The van der Waals surface area contributed by atoms with Gasteiger partial charge in [-0.2, -0.15) is 0 Å². The van der Waals surface area contributed by atoms with Gasteiger partial charge in [-0.15, -0.1) is 12.4 Å². The van der Waals surface area contributed by atoms with Crippen LogP contribution in [0.4, 0.5) is 5.69 Å². The summed E-state index contributed by atoms with van der Waals surface area (Å²) >= 11 is 0. The molecule has 0 saturated carbocycles. The molecule has 24 heavy (non-hydrogen) atoms. The van der Waals surface area contributed by atoms with Crippen LogP contribution in [0.2, 0.25) is 0 Å². The van der Waals surface area contributed by atoms with Gasteiger partial charge < -0.3 is 9.72 Å². The number of aryl methyl sites for hydroxylation is 1. The van der Waals surface area contributed by atoms with Crippen LogP contribution in [0.5, 0.6) is 0 Å². The van der Waals surface area contributed by atoms with Crippen LogP contribution in [0.3, 0.4) is 0 Å². The normalized spacial score (nSPS) is 11.2. The summed E-state index contributed by atoms with van der Waals surface area (Å²) in [5, 5.41) is 2.93. The van der Waals surface area contributed by atoms with Gasteiger partial charge in [-0.3, -0.25) is 4.79 Å². The van der Waals surface area contributed by atoms with E-state index in [4.69, 9.17) is 0 Å². The number of carbonyl (C=O) groups is 1. The van der Waals surface area contributed by atoms with E-state index < -0.39 is 5.41 Å². The molecule has 3 aromatic rings. The van der Waals surface area contributed by atoms with E-state index in [1.54, 1.807) is 0 Å². The Balaban J connectivity index is 0.00000208. The first-order chi connectivity index (χ1) is 10.8. The van der Waals surface area contributed by atoms with Crippen LogP contribution >= 0.6 is 12.4 Å². The number of fused-ring (bicyclic) bond motifs is 1. The summed E-state index contributed by atoms with van der Waals surface area (Å²) in [4.78, 5) is 16.6. The molecule has 0 fully saturated rings. The third-order valence-electron chi connectivity index (χ3n) is 3.72. The predicted molar refractivity (Wildman–Crippen MR) is 101 cm³/mol. The van der Waals surface area contributed by atoms with Gasteiger partial charge in [0.05, 0.1) is 5.69 Å². The lowest BCUT2D eigenvalue weighted by Gasteiger charge is -2.17. The Morgan fingerprint density at radius 2 is 1.71 bits per heavy atom. The molecule has 0 radical (unpaired) electrons. The summed E-state index contributed by atoms with van der Waals surface area (Å²) in [7, 11) is 0. The molecule has 4 nitrogen and oxygen atoms in total. The second-order valence-electron chi connectivity index (χ2n) is 6.88. The fourth-order valence-electron chi connectivity index (χ4n) is 2.29. The molecule has 1 aromatic carbocycles. The minimum absolute atomic E-state index is 0. The average molecular weight is 344 g/mol. The van der Waals surface area contributed by atoms with Gasteiger partial charge in [0, 0.05) is 29.1 Å². The molecule has 1 amide bonds. The number of benzene rings is 1. The highest BCUT2D eigenvalue weighted by molar-refractivity contribution is 5.94. The zero-order valence-corrected chi connectivity index (χ0v) is 15.1. The van der Waals surface area contributed by atoms with Crippen molar-refractivity contribution in [2.24, 2.45) is 5.41 Å². The van der Waals surface area contributed by atoms with E-state index in [9.17, 15) is 4.79 Å². The molecule has 2 heterocycles. The van der Waals surface area contributed by atoms with Gasteiger partial charge in [-0.05, 0) is 30.7 Å². The van der Waals surface area contributed by atoms with Gasteiger partial charge in [0.2, 0.25) is 5.91 Å². The molecule has 0 aliphatic heterocycles. The second-order valence-corrected chi connectivity index (χ2v) is 6.88. The molecular weight excluding hydrogens is 322 g/mol. The number of hydrogen-bond acceptors (Lipinski definition) is 2. The summed E-state index contributed by atoms with van der Waals surface area (Å²) in [6.07, 6.45) is 4.08. The number of aromatic nitrogens is 2. The van der Waals surface area contributed by atoms with Crippen molar-refractivity contribution in [2.75, 3.05) is 5.32 Å². The first kappa shape index (κ1) is 18.0. The minimum atomic E-state index is -0.405. The molecule has 0 aliphatic rings. The van der Waals surface area contributed by atoms with E-state index >= 15 is 0 Å². The van der Waals surface area contributed by atoms with E-state index in [-0.39, 0.29) is 18.3 Å². The molecule has 2 aromatic heterocycles. The van der Waals surface area contributed by atoms with Gasteiger partial charge in [0.25, 0.3) is 0 Å². The van der Waals surface area contributed by atoms with Crippen LogP contribution in [0, 0.1) is 12.3 Å². The van der Waals surface area contributed by atoms with Gasteiger partial charge >= 0.3 is 0 Å². The number of hydrogen-bond donors (Lipinski definition) is 1. The van der Waals surface area contributed by atoms with E-state index in [0.717, 1.165) is 22.6 Å². The maximum absolute atomic E-state index is 12.0. The smallest absolute Gasteiger partial charge is 0.229 e. The maximum atomic E-state index is 12.0. The van der Waals surface area contributed by atoms with E-state index in [1.165, 1.54) is 5.56 Å². The SMILES string of the molecule is Cc1ccc2nc(-c3ccc(NC(=O)C(C)(C)C)cc3)cn2c1.Cl. The van der Waals surface area contributed by atoms with Crippen LogP contribution in [-0.4, -0.2) is 15.3 Å². The lowest BCUT2D eigenvalue weighted by atomic mass is 9.95. The highest BCUT2D eigenvalue weighted by Crippen LogP contribution is 2.23. The molecule has 0 spiro atoms. The number of nitrogens with zero attached hydrogens (tertiary/aromatic N) is 2. The summed E-state index contributed by atoms with van der Waals surface area (Å²) in [5.74, 6) is 0.00783. The van der Waals surface area contributed by atoms with Crippen LogP contribution in [0.1, 0.15) is 26.3 Å². The topological polar surface area (TPSA) is 46.4 Å². The van der Waals surface area contributed by atoms with E-state index in [0.29, 0.717) is 0 Å². The average Bonchev–Trinajstić information content (AvgIpc) is 2.90. The van der Waals surface area contributed by atoms with Crippen molar-refractivity contribution in [3.63, 3.8) is 0 Å². The molecule has 3 rings (SSSR count). The summed E-state index contributed by atoms with van der Waals surface area (Å²) in [6.45, 7) is 7.76. The molecular formula is C19H22ClN3O. The first-order valence-corrected chi connectivity index (χ1v) is 7.70. The van der Waals surface area contributed by atoms with E-state index in [1.807, 2.05) is 61.7 Å². The van der Waals surface area contributed by atoms with Gasteiger partial charge in [0.15, 0.2) is 0 Å². The summed E-state index contributed by atoms with van der Waals surface area (Å²) in [6, 6.07) is 11.8. The number of amides is 1. The molecule has 126 valence electrons. The Morgan fingerprint density at radius 3 is 2.33 bits per heavy atom. The molecule has 0 atom stereocenters. The third-order valence-corrected chi connectivity index (χ3v) is 3.72. The Morgan fingerprint density at radius 1 is 1.04 bits per heavy atom. The second kappa shape index (κ2) is 6.65. The Hall–Kier alpha value is -2.33. The number of imidazole rings is 1. The van der Waals surface area contributed by atoms with Crippen molar-refractivity contribution < 1.29 is 4.79 Å². The Bertz CT molecular complexity index is 860. The standard InChI is InChI=1S/C19H21N3O.ClH/c1-13-5-10-17-21-16(12-22(17)11-13)14-6-8-15(9-7-14)20-18(23)19(2,3)4;/h5-12H,1-4H3,(H,20,23);1H. The lowest BCUT2D eigenvalue weighted by Crippen LogP contribution is -2.27. The minimum Gasteiger partial charge on any atom is -0.326 e. The predicted octanol–water partition coefficient (Wildman–Crippen LogP) is 4.72. The number of carbonyl (C=O) groups excluding carboxylic acids is 1. The van der Waals surface area contributed by atoms with Crippen LogP contribution in [0.25, 0.3) is 16.9 Å². The number of rotatable bonds is 2. The molecule has 0 saturated heterocycles. The fourth-order valence-corrected chi connectivity index (χ4v) is 2.29. The van der Waals surface area contributed by atoms with Crippen molar-refractivity contribution in [2.45, 2.75) is 27.7 Å². The largest absolute Gasteiger partial charge is 0.326 e. The molecule has 0 bridgehead atoms. The third kappa shape index (κ3) is 3.77. The lowest BCUT2D eigenvalue weighted by molar-refractivity contribution is -0.123. The van der Waals surface area contributed by atoms with Crippen LogP contribution in [0.15, 0.2) is 48.8 Å². The highest BCUT2D eigenvalue weighted by atomic mass is 35.5. The summed E-state index contributed by atoms with van der Waals surface area (Å²) < 4.78 is 2.03. The Kier molecular flexibility index (Phi) is 4.99. The first-order valence-electron chi connectivity index (χ1n) is 7.70. The quantitative estimate of drug-likeness (QED) is 0.732. The number of halogens is 1. The van der Waals surface area contributed by atoms with Crippen molar-refractivity contribution >= 4 is 29.6 Å². The number of pyridine rings is 1. The Labute approximate surface area is 148 Å². The van der Waals surface area contributed by atoms with Crippen molar-refractivity contribution in [1.29, 1.82) is 0 Å². The monoisotopic (exact) mass is 343 g/mol. The number of nitrogens with one attached hydrogen (secondary N) is 1. The van der Waals surface area contributed by atoms with Crippen LogP contribution < -0.4 is 5.32 Å². The van der Waals surface area contributed by atoms with E-state index in [2.05, 4.69) is 29.5 Å². The van der Waals surface area contributed by atoms with Gasteiger partial charge in [0.1, 0.15) is 5.65 Å². The molecule has 1 N–H and O–H groups in total. The van der Waals surface area contributed by atoms with Crippen molar-refractivity contribution in [1.82, 2.24) is 9.38 Å². The highest BCUT2D eigenvalue weighted by Gasteiger charge is 2.21.